The highest BCUT2D eigenvalue weighted by Gasteiger charge is 2.16. The van der Waals surface area contributed by atoms with Crippen LogP contribution in [-0.4, -0.2) is 6.04 Å². The third-order valence-corrected chi connectivity index (χ3v) is 3.70. The molecule has 0 radical (unpaired) electrons. The number of hydrogen-bond acceptors (Lipinski definition) is 1. The molecule has 1 N–H and O–H groups in total. The van der Waals surface area contributed by atoms with Gasteiger partial charge in [-0.1, -0.05) is 43.5 Å². The fourth-order valence-electron chi connectivity index (χ4n) is 2.07. The smallest absolute Gasteiger partial charge is 0.0451 e. The molecule has 88 valence electrons. The van der Waals surface area contributed by atoms with Gasteiger partial charge >= 0.3 is 0 Å². The summed E-state index contributed by atoms with van der Waals surface area (Å²) in [6.07, 6.45) is 6.37. The molecule has 0 aromatic heterocycles. The Morgan fingerprint density at radius 1 is 1.38 bits per heavy atom. The van der Waals surface area contributed by atoms with Gasteiger partial charge in [-0.15, -0.1) is 0 Å². The second-order valence-electron chi connectivity index (χ2n) is 4.68. The van der Waals surface area contributed by atoms with Crippen molar-refractivity contribution in [2.75, 3.05) is 0 Å². The van der Waals surface area contributed by atoms with Crippen LogP contribution in [0.15, 0.2) is 18.2 Å². The number of benzene rings is 1. The van der Waals surface area contributed by atoms with Gasteiger partial charge in [-0.3, -0.25) is 0 Å². The molecule has 0 unspecified atom stereocenters. The summed E-state index contributed by atoms with van der Waals surface area (Å²) in [6.45, 7) is 3.13. The average molecular weight is 238 g/mol. The molecule has 0 amide bonds. The van der Waals surface area contributed by atoms with Gasteiger partial charge in [-0.25, -0.2) is 0 Å². The Kier molecular flexibility index (Phi) is 4.25. The first-order valence-corrected chi connectivity index (χ1v) is 6.68. The summed E-state index contributed by atoms with van der Waals surface area (Å²) in [4.78, 5) is 0. The van der Waals surface area contributed by atoms with Crippen LogP contribution in [0.3, 0.4) is 0 Å². The first-order chi connectivity index (χ1) is 7.79. The van der Waals surface area contributed by atoms with Crippen molar-refractivity contribution in [3.05, 3.63) is 34.3 Å². The van der Waals surface area contributed by atoms with E-state index in [9.17, 15) is 0 Å². The summed E-state index contributed by atoms with van der Waals surface area (Å²) in [7, 11) is 0. The van der Waals surface area contributed by atoms with E-state index in [0.717, 1.165) is 24.0 Å². The Labute approximate surface area is 103 Å². The van der Waals surface area contributed by atoms with Crippen molar-refractivity contribution >= 4 is 11.6 Å². The predicted molar refractivity (Wildman–Crippen MR) is 69.9 cm³/mol. The molecular weight excluding hydrogens is 218 g/mol. The summed E-state index contributed by atoms with van der Waals surface area (Å²) < 4.78 is 0. The van der Waals surface area contributed by atoms with Gasteiger partial charge in [0.15, 0.2) is 0 Å². The molecule has 0 saturated heterocycles. The van der Waals surface area contributed by atoms with Gasteiger partial charge in [0, 0.05) is 17.6 Å². The molecule has 2 heteroatoms. The van der Waals surface area contributed by atoms with Crippen LogP contribution in [0.5, 0.6) is 0 Å². The molecule has 0 atom stereocenters. The predicted octanol–water partition coefficient (Wildman–Crippen LogP) is 3.93. The molecule has 1 saturated carbocycles. The highest BCUT2D eigenvalue weighted by atomic mass is 35.5. The van der Waals surface area contributed by atoms with Gasteiger partial charge in [0.05, 0.1) is 0 Å². The zero-order chi connectivity index (χ0) is 11.4. The van der Waals surface area contributed by atoms with Crippen LogP contribution in [0.1, 0.15) is 43.7 Å². The zero-order valence-electron chi connectivity index (χ0n) is 9.93. The van der Waals surface area contributed by atoms with E-state index in [1.165, 1.54) is 36.8 Å². The van der Waals surface area contributed by atoms with Crippen LogP contribution in [0.4, 0.5) is 0 Å². The monoisotopic (exact) mass is 237 g/mol. The minimum absolute atomic E-state index is 0.728. The Morgan fingerprint density at radius 3 is 2.81 bits per heavy atom. The standard InChI is InChI=1S/C14H20ClN/c1-2-4-11-7-8-14(15)12(9-11)10-16-13-5-3-6-13/h7-9,13,16H,2-6,10H2,1H3. The molecular formula is C14H20ClN. The van der Waals surface area contributed by atoms with Crippen molar-refractivity contribution in [1.82, 2.24) is 5.32 Å². The highest BCUT2D eigenvalue weighted by Crippen LogP contribution is 2.22. The van der Waals surface area contributed by atoms with Crippen LogP contribution >= 0.6 is 11.6 Å². The summed E-state index contributed by atoms with van der Waals surface area (Å²) >= 11 is 6.20. The van der Waals surface area contributed by atoms with Gasteiger partial charge in [-0.05, 0) is 36.5 Å². The van der Waals surface area contributed by atoms with E-state index in [2.05, 4.69) is 24.4 Å². The molecule has 1 aromatic carbocycles. The van der Waals surface area contributed by atoms with Gasteiger partial charge in [0.2, 0.25) is 0 Å². The van der Waals surface area contributed by atoms with Crippen molar-refractivity contribution in [3.8, 4) is 0 Å². The minimum Gasteiger partial charge on any atom is -0.310 e. The second-order valence-corrected chi connectivity index (χ2v) is 5.09. The first kappa shape index (κ1) is 11.9. The van der Waals surface area contributed by atoms with Crippen molar-refractivity contribution in [3.63, 3.8) is 0 Å². The van der Waals surface area contributed by atoms with Gasteiger partial charge < -0.3 is 5.32 Å². The Morgan fingerprint density at radius 2 is 2.19 bits per heavy atom. The molecule has 0 heterocycles. The average Bonchev–Trinajstić information content (AvgIpc) is 2.21. The van der Waals surface area contributed by atoms with E-state index in [4.69, 9.17) is 11.6 Å². The molecule has 16 heavy (non-hydrogen) atoms. The van der Waals surface area contributed by atoms with Crippen molar-refractivity contribution < 1.29 is 0 Å². The van der Waals surface area contributed by atoms with Gasteiger partial charge in [0.25, 0.3) is 0 Å². The van der Waals surface area contributed by atoms with Crippen LogP contribution in [-0.2, 0) is 13.0 Å². The lowest BCUT2D eigenvalue weighted by Gasteiger charge is -2.26. The topological polar surface area (TPSA) is 12.0 Å². The van der Waals surface area contributed by atoms with E-state index in [1.54, 1.807) is 0 Å². The maximum atomic E-state index is 6.20. The van der Waals surface area contributed by atoms with E-state index >= 15 is 0 Å². The molecule has 2 rings (SSSR count). The van der Waals surface area contributed by atoms with E-state index in [0.29, 0.717) is 0 Å². The first-order valence-electron chi connectivity index (χ1n) is 6.30. The molecule has 0 aliphatic heterocycles. The van der Waals surface area contributed by atoms with Gasteiger partial charge in [0.1, 0.15) is 0 Å². The minimum atomic E-state index is 0.728. The van der Waals surface area contributed by atoms with E-state index in [1.807, 2.05) is 6.07 Å². The fourth-order valence-corrected chi connectivity index (χ4v) is 2.26. The highest BCUT2D eigenvalue weighted by molar-refractivity contribution is 6.31. The quantitative estimate of drug-likeness (QED) is 0.818. The Hall–Kier alpha value is -0.530. The maximum Gasteiger partial charge on any atom is 0.0451 e. The van der Waals surface area contributed by atoms with E-state index in [-0.39, 0.29) is 0 Å². The summed E-state index contributed by atoms with van der Waals surface area (Å²) in [5, 5.41) is 4.46. The Bertz CT molecular complexity index is 345. The van der Waals surface area contributed by atoms with Crippen LogP contribution in [0.2, 0.25) is 5.02 Å². The third-order valence-electron chi connectivity index (χ3n) is 3.34. The molecule has 1 fully saturated rings. The maximum absolute atomic E-state index is 6.20. The van der Waals surface area contributed by atoms with Crippen LogP contribution in [0, 0.1) is 0 Å². The number of nitrogens with one attached hydrogen (secondary N) is 1. The van der Waals surface area contributed by atoms with E-state index < -0.39 is 0 Å². The SMILES string of the molecule is CCCc1ccc(Cl)c(CNC2CCC2)c1. The van der Waals surface area contributed by atoms with Crippen LogP contribution < -0.4 is 5.32 Å². The fraction of sp³-hybridized carbons (Fsp3) is 0.571. The Balaban J connectivity index is 1.96. The molecule has 1 nitrogen and oxygen atoms in total. The lowest BCUT2D eigenvalue weighted by molar-refractivity contribution is 0.338. The second kappa shape index (κ2) is 5.70. The molecule has 0 spiro atoms. The summed E-state index contributed by atoms with van der Waals surface area (Å²) in [5.74, 6) is 0. The number of hydrogen-bond donors (Lipinski definition) is 1. The summed E-state index contributed by atoms with van der Waals surface area (Å²) in [6, 6.07) is 7.14. The lowest BCUT2D eigenvalue weighted by Crippen LogP contribution is -2.34. The van der Waals surface area contributed by atoms with Crippen molar-refractivity contribution in [1.29, 1.82) is 0 Å². The lowest BCUT2D eigenvalue weighted by atomic mass is 9.93. The zero-order valence-corrected chi connectivity index (χ0v) is 10.7. The molecule has 1 aromatic rings. The molecule has 1 aliphatic carbocycles. The van der Waals surface area contributed by atoms with Gasteiger partial charge in [-0.2, -0.15) is 0 Å². The number of rotatable bonds is 5. The van der Waals surface area contributed by atoms with Crippen LogP contribution in [0.25, 0.3) is 0 Å². The largest absolute Gasteiger partial charge is 0.310 e. The molecule has 1 aliphatic rings. The third kappa shape index (κ3) is 2.99. The van der Waals surface area contributed by atoms with Crippen molar-refractivity contribution in [2.45, 2.75) is 51.6 Å². The number of aryl methyl sites for hydroxylation is 1. The molecule has 0 bridgehead atoms. The number of halogens is 1. The summed E-state index contributed by atoms with van der Waals surface area (Å²) in [5.41, 5.74) is 2.65. The normalized spacial score (nSPS) is 16.1. The van der Waals surface area contributed by atoms with Crippen molar-refractivity contribution in [2.24, 2.45) is 0 Å².